The Hall–Kier alpha value is -2.08. The van der Waals surface area contributed by atoms with E-state index in [4.69, 9.17) is 4.74 Å². The number of rotatable bonds is 4. The van der Waals surface area contributed by atoms with Crippen molar-refractivity contribution >= 4 is 17.6 Å². The van der Waals surface area contributed by atoms with Gasteiger partial charge in [0.2, 0.25) is 5.91 Å². The lowest BCUT2D eigenvalue weighted by atomic mass is 9.89. The van der Waals surface area contributed by atoms with Gasteiger partial charge in [0.15, 0.2) is 0 Å². The summed E-state index contributed by atoms with van der Waals surface area (Å²) in [6.45, 7) is 1.82. The summed E-state index contributed by atoms with van der Waals surface area (Å²) in [4.78, 5) is 27.1. The molecule has 146 valence electrons. The molecule has 0 spiro atoms. The maximum absolute atomic E-state index is 12.7. The smallest absolute Gasteiger partial charge is 0.317 e. The highest BCUT2D eigenvalue weighted by molar-refractivity contribution is 5.93. The Balaban J connectivity index is 1.29. The SMILES string of the molecule is O=C(Nc1ccccc1)[C@@H]1C[C@H]2CN(C(=O)NCC3CCCCC3)C[C@@H]1O2. The van der Waals surface area contributed by atoms with Crippen molar-refractivity contribution in [2.24, 2.45) is 11.8 Å². The van der Waals surface area contributed by atoms with Crippen LogP contribution in [0.5, 0.6) is 0 Å². The van der Waals surface area contributed by atoms with E-state index < -0.39 is 0 Å². The minimum absolute atomic E-state index is 0.0111. The molecule has 2 N–H and O–H groups in total. The van der Waals surface area contributed by atoms with Crippen molar-refractivity contribution in [3.05, 3.63) is 30.3 Å². The molecule has 27 heavy (non-hydrogen) atoms. The topological polar surface area (TPSA) is 70.7 Å². The van der Waals surface area contributed by atoms with E-state index in [-0.39, 0.29) is 30.1 Å². The Morgan fingerprint density at radius 3 is 2.63 bits per heavy atom. The first-order valence-corrected chi connectivity index (χ1v) is 10.2. The number of para-hydroxylation sites is 1. The van der Waals surface area contributed by atoms with Crippen LogP contribution in [0.3, 0.4) is 0 Å². The monoisotopic (exact) mass is 371 g/mol. The summed E-state index contributed by atoms with van der Waals surface area (Å²) in [5.74, 6) is 0.398. The lowest BCUT2D eigenvalue weighted by Gasteiger charge is -2.33. The van der Waals surface area contributed by atoms with E-state index in [9.17, 15) is 9.59 Å². The molecule has 1 saturated carbocycles. The molecule has 1 aliphatic carbocycles. The number of morpholine rings is 1. The van der Waals surface area contributed by atoms with Gasteiger partial charge in [-0.25, -0.2) is 4.79 Å². The average Bonchev–Trinajstić information content (AvgIpc) is 3.01. The summed E-state index contributed by atoms with van der Waals surface area (Å²) in [6, 6.07) is 9.47. The van der Waals surface area contributed by atoms with Gasteiger partial charge in [-0.05, 0) is 37.3 Å². The molecule has 1 aromatic rings. The Kier molecular flexibility index (Phi) is 5.62. The van der Waals surface area contributed by atoms with E-state index in [1.807, 2.05) is 35.2 Å². The number of anilines is 1. The second-order valence-electron chi connectivity index (χ2n) is 8.09. The first-order chi connectivity index (χ1) is 13.2. The Morgan fingerprint density at radius 1 is 1.07 bits per heavy atom. The fourth-order valence-electron chi connectivity index (χ4n) is 4.59. The molecule has 6 heteroatoms. The summed E-state index contributed by atoms with van der Waals surface area (Å²) in [6.07, 6.45) is 6.73. The molecule has 0 unspecified atom stereocenters. The van der Waals surface area contributed by atoms with Crippen LogP contribution in [0.4, 0.5) is 10.5 Å². The second kappa shape index (κ2) is 8.30. The number of hydrogen-bond acceptors (Lipinski definition) is 3. The van der Waals surface area contributed by atoms with Crippen molar-refractivity contribution in [1.82, 2.24) is 10.2 Å². The van der Waals surface area contributed by atoms with Crippen molar-refractivity contribution in [2.45, 2.75) is 50.7 Å². The molecule has 2 heterocycles. The van der Waals surface area contributed by atoms with Crippen molar-refractivity contribution in [3.63, 3.8) is 0 Å². The first kappa shape index (κ1) is 18.3. The van der Waals surface area contributed by atoms with Gasteiger partial charge >= 0.3 is 6.03 Å². The molecule has 6 nitrogen and oxygen atoms in total. The third kappa shape index (κ3) is 4.43. The van der Waals surface area contributed by atoms with Crippen molar-refractivity contribution < 1.29 is 14.3 Å². The van der Waals surface area contributed by atoms with Gasteiger partial charge in [-0.2, -0.15) is 0 Å². The van der Waals surface area contributed by atoms with Gasteiger partial charge < -0.3 is 20.3 Å². The van der Waals surface area contributed by atoms with E-state index >= 15 is 0 Å². The van der Waals surface area contributed by atoms with Crippen LogP contribution in [-0.2, 0) is 9.53 Å². The second-order valence-corrected chi connectivity index (χ2v) is 8.09. The van der Waals surface area contributed by atoms with Crippen molar-refractivity contribution in [1.29, 1.82) is 0 Å². The number of ether oxygens (including phenoxy) is 1. The molecule has 2 bridgehead atoms. The van der Waals surface area contributed by atoms with Gasteiger partial charge in [0.05, 0.1) is 18.1 Å². The zero-order valence-corrected chi connectivity index (χ0v) is 15.7. The van der Waals surface area contributed by atoms with Gasteiger partial charge in [0.25, 0.3) is 0 Å². The number of carbonyl (C=O) groups excluding carboxylic acids is 2. The van der Waals surface area contributed by atoms with E-state index in [0.29, 0.717) is 25.4 Å². The van der Waals surface area contributed by atoms with Crippen LogP contribution in [0.2, 0.25) is 0 Å². The van der Waals surface area contributed by atoms with E-state index in [0.717, 1.165) is 12.2 Å². The largest absolute Gasteiger partial charge is 0.370 e. The number of likely N-dealkylation sites (tertiary alicyclic amines) is 1. The number of fused-ring (bicyclic) bond motifs is 2. The summed E-state index contributed by atoms with van der Waals surface area (Å²) < 4.78 is 5.96. The van der Waals surface area contributed by atoms with E-state index in [1.165, 1.54) is 32.1 Å². The van der Waals surface area contributed by atoms with Gasteiger partial charge in [-0.15, -0.1) is 0 Å². The fourth-order valence-corrected chi connectivity index (χ4v) is 4.59. The van der Waals surface area contributed by atoms with Crippen LogP contribution in [0.25, 0.3) is 0 Å². The molecule has 2 saturated heterocycles. The molecule has 3 amide bonds. The number of carbonyl (C=O) groups is 2. The quantitative estimate of drug-likeness (QED) is 0.855. The molecule has 3 fully saturated rings. The number of hydrogen-bond donors (Lipinski definition) is 2. The third-order valence-corrected chi connectivity index (χ3v) is 6.09. The minimum atomic E-state index is -0.215. The third-order valence-electron chi connectivity index (χ3n) is 6.09. The van der Waals surface area contributed by atoms with E-state index in [1.54, 1.807) is 0 Å². The zero-order valence-electron chi connectivity index (χ0n) is 15.7. The molecule has 2 aliphatic heterocycles. The predicted octanol–water partition coefficient (Wildman–Crippen LogP) is 3.00. The number of amides is 3. The van der Waals surface area contributed by atoms with Crippen molar-refractivity contribution in [2.75, 3.05) is 25.0 Å². The number of benzene rings is 1. The molecule has 3 atom stereocenters. The summed E-state index contributed by atoms with van der Waals surface area (Å²) in [5, 5.41) is 6.08. The Morgan fingerprint density at radius 2 is 1.85 bits per heavy atom. The average molecular weight is 371 g/mol. The van der Waals surface area contributed by atoms with E-state index in [2.05, 4.69) is 10.6 Å². The predicted molar refractivity (Wildman–Crippen MR) is 103 cm³/mol. The maximum atomic E-state index is 12.7. The van der Waals surface area contributed by atoms with Gasteiger partial charge in [-0.3, -0.25) is 4.79 Å². The molecule has 1 aromatic carbocycles. The summed E-state index contributed by atoms with van der Waals surface area (Å²) >= 11 is 0. The van der Waals surface area contributed by atoms with Crippen LogP contribution < -0.4 is 10.6 Å². The van der Waals surface area contributed by atoms with Crippen LogP contribution in [0.15, 0.2) is 30.3 Å². The lowest BCUT2D eigenvalue weighted by Crippen LogP contribution is -2.51. The van der Waals surface area contributed by atoms with Crippen LogP contribution in [0.1, 0.15) is 38.5 Å². The molecule has 4 rings (SSSR count). The van der Waals surface area contributed by atoms with Crippen LogP contribution >= 0.6 is 0 Å². The summed E-state index contributed by atoms with van der Waals surface area (Å²) in [7, 11) is 0. The van der Waals surface area contributed by atoms with Gasteiger partial charge in [0.1, 0.15) is 0 Å². The molecular weight excluding hydrogens is 342 g/mol. The fraction of sp³-hybridized carbons (Fsp3) is 0.619. The minimum Gasteiger partial charge on any atom is -0.370 e. The Labute approximate surface area is 160 Å². The molecule has 3 aliphatic rings. The highest BCUT2D eigenvalue weighted by Gasteiger charge is 2.45. The maximum Gasteiger partial charge on any atom is 0.317 e. The number of nitrogens with zero attached hydrogens (tertiary/aromatic N) is 1. The highest BCUT2D eigenvalue weighted by Crippen LogP contribution is 2.33. The van der Waals surface area contributed by atoms with Crippen LogP contribution in [0, 0.1) is 11.8 Å². The molecule has 0 aromatic heterocycles. The molecular formula is C21H29N3O3. The normalized spacial score (nSPS) is 28.0. The summed E-state index contributed by atoms with van der Waals surface area (Å²) in [5.41, 5.74) is 0.797. The van der Waals surface area contributed by atoms with Gasteiger partial charge in [-0.1, -0.05) is 37.5 Å². The Bertz CT molecular complexity index is 660. The zero-order chi connectivity index (χ0) is 18.6. The van der Waals surface area contributed by atoms with Crippen molar-refractivity contribution in [3.8, 4) is 0 Å². The lowest BCUT2D eigenvalue weighted by molar-refractivity contribution is -0.122. The van der Waals surface area contributed by atoms with Gasteiger partial charge in [0, 0.05) is 25.3 Å². The van der Waals surface area contributed by atoms with Crippen LogP contribution in [-0.4, -0.2) is 48.7 Å². The first-order valence-electron chi connectivity index (χ1n) is 10.2. The highest BCUT2D eigenvalue weighted by atomic mass is 16.5. The molecule has 0 radical (unpaired) electrons. The number of urea groups is 1. The number of nitrogens with one attached hydrogen (secondary N) is 2. The standard InChI is InChI=1S/C21H29N3O3/c25-20(23-16-9-5-2-6-10-16)18-11-17-13-24(14-19(18)27-17)21(26)22-12-15-7-3-1-4-8-15/h2,5-6,9-10,15,17-19H,1,3-4,7-8,11-14H2,(H,22,26)(H,23,25)/t17-,18+,19-/m0/s1.